The molecule has 2 aromatic rings. The van der Waals surface area contributed by atoms with Gasteiger partial charge in [0.2, 0.25) is 5.91 Å². The number of thioether (sulfide) groups is 1. The van der Waals surface area contributed by atoms with Crippen LogP contribution in [0.5, 0.6) is 0 Å². The highest BCUT2D eigenvalue weighted by Crippen LogP contribution is 2.38. The van der Waals surface area contributed by atoms with Gasteiger partial charge in [-0.1, -0.05) is 54.6 Å². The van der Waals surface area contributed by atoms with Crippen molar-refractivity contribution in [3.63, 3.8) is 0 Å². The van der Waals surface area contributed by atoms with Crippen LogP contribution in [0, 0.1) is 0 Å². The van der Waals surface area contributed by atoms with Gasteiger partial charge in [0.15, 0.2) is 0 Å². The molecule has 2 aliphatic rings. The second-order valence-corrected chi connectivity index (χ2v) is 7.29. The fourth-order valence-corrected chi connectivity index (χ4v) is 4.59. The standard InChI is InChI=1S/C20H19NOS/c22-20(19-14-17-8-4-5-9-18(17)23-19)21-12-10-16(11-13-21)15-6-2-1-3-7-15/h1-10,19H,11-14H2. The molecule has 0 saturated carbocycles. The van der Waals surface area contributed by atoms with Crippen LogP contribution in [0.25, 0.3) is 5.57 Å². The van der Waals surface area contributed by atoms with Gasteiger partial charge in [-0.3, -0.25) is 4.79 Å². The molecule has 0 aliphatic carbocycles. The third-order valence-corrected chi connectivity index (χ3v) is 5.89. The lowest BCUT2D eigenvalue weighted by Crippen LogP contribution is -2.40. The third kappa shape index (κ3) is 2.93. The molecule has 0 saturated heterocycles. The molecule has 4 rings (SSSR count). The summed E-state index contributed by atoms with van der Waals surface area (Å²) in [5.41, 5.74) is 3.95. The molecule has 2 aliphatic heterocycles. The molecule has 2 heterocycles. The van der Waals surface area contributed by atoms with Crippen LogP contribution in [-0.2, 0) is 11.2 Å². The van der Waals surface area contributed by atoms with Crippen molar-refractivity contribution < 1.29 is 4.79 Å². The summed E-state index contributed by atoms with van der Waals surface area (Å²) in [5.74, 6) is 0.287. The maximum Gasteiger partial charge on any atom is 0.236 e. The molecule has 0 spiro atoms. The van der Waals surface area contributed by atoms with Crippen molar-refractivity contribution in [2.24, 2.45) is 0 Å². The van der Waals surface area contributed by atoms with Crippen molar-refractivity contribution >= 4 is 23.2 Å². The molecule has 3 heteroatoms. The van der Waals surface area contributed by atoms with Crippen LogP contribution in [0.3, 0.4) is 0 Å². The van der Waals surface area contributed by atoms with E-state index in [4.69, 9.17) is 0 Å². The fraction of sp³-hybridized carbons (Fsp3) is 0.250. The van der Waals surface area contributed by atoms with Gasteiger partial charge in [-0.15, -0.1) is 11.8 Å². The zero-order valence-electron chi connectivity index (χ0n) is 12.9. The van der Waals surface area contributed by atoms with Crippen molar-refractivity contribution in [2.75, 3.05) is 13.1 Å². The van der Waals surface area contributed by atoms with Crippen LogP contribution in [0.4, 0.5) is 0 Å². The monoisotopic (exact) mass is 321 g/mol. The first-order chi connectivity index (χ1) is 11.3. The fourth-order valence-electron chi connectivity index (χ4n) is 3.31. The second-order valence-electron chi connectivity index (χ2n) is 6.05. The van der Waals surface area contributed by atoms with E-state index in [1.807, 2.05) is 11.0 Å². The number of carbonyl (C=O) groups is 1. The van der Waals surface area contributed by atoms with E-state index in [0.29, 0.717) is 0 Å². The predicted octanol–water partition coefficient (Wildman–Crippen LogP) is 4.02. The smallest absolute Gasteiger partial charge is 0.236 e. The molecule has 1 unspecified atom stereocenters. The SMILES string of the molecule is O=C(C1Cc2ccccc2S1)N1CC=C(c2ccccc2)CC1. The number of benzene rings is 2. The molecule has 116 valence electrons. The average molecular weight is 321 g/mol. The van der Waals surface area contributed by atoms with E-state index >= 15 is 0 Å². The van der Waals surface area contributed by atoms with Gasteiger partial charge in [-0.2, -0.15) is 0 Å². The molecular weight excluding hydrogens is 302 g/mol. The molecule has 2 nitrogen and oxygen atoms in total. The van der Waals surface area contributed by atoms with Gasteiger partial charge in [0.25, 0.3) is 0 Å². The van der Waals surface area contributed by atoms with Gasteiger partial charge in [-0.25, -0.2) is 0 Å². The Morgan fingerprint density at radius 2 is 1.83 bits per heavy atom. The highest BCUT2D eigenvalue weighted by molar-refractivity contribution is 8.01. The Balaban J connectivity index is 1.43. The van der Waals surface area contributed by atoms with Crippen molar-refractivity contribution in [3.8, 4) is 0 Å². The molecule has 0 aromatic heterocycles. The Morgan fingerprint density at radius 3 is 2.57 bits per heavy atom. The maximum absolute atomic E-state index is 12.8. The lowest BCUT2D eigenvalue weighted by Gasteiger charge is -2.28. The van der Waals surface area contributed by atoms with Crippen LogP contribution < -0.4 is 0 Å². The van der Waals surface area contributed by atoms with Gasteiger partial charge in [0.1, 0.15) is 0 Å². The minimum Gasteiger partial charge on any atom is -0.338 e. The lowest BCUT2D eigenvalue weighted by molar-refractivity contribution is -0.130. The molecule has 1 atom stereocenters. The first kappa shape index (κ1) is 14.6. The van der Waals surface area contributed by atoms with Crippen LogP contribution in [0.15, 0.2) is 65.6 Å². The van der Waals surface area contributed by atoms with Crippen molar-refractivity contribution in [2.45, 2.75) is 23.0 Å². The largest absolute Gasteiger partial charge is 0.338 e. The van der Waals surface area contributed by atoms with Crippen LogP contribution in [0.2, 0.25) is 0 Å². The van der Waals surface area contributed by atoms with E-state index in [-0.39, 0.29) is 11.2 Å². The van der Waals surface area contributed by atoms with Gasteiger partial charge >= 0.3 is 0 Å². The molecule has 0 radical (unpaired) electrons. The van der Waals surface area contributed by atoms with Crippen molar-refractivity contribution in [1.82, 2.24) is 4.90 Å². The Morgan fingerprint density at radius 1 is 1.04 bits per heavy atom. The number of fused-ring (bicyclic) bond motifs is 1. The number of carbonyl (C=O) groups excluding carboxylic acids is 1. The summed E-state index contributed by atoms with van der Waals surface area (Å²) in [4.78, 5) is 16.1. The van der Waals surface area contributed by atoms with Gasteiger partial charge in [-0.05, 0) is 35.6 Å². The number of hydrogen-bond acceptors (Lipinski definition) is 2. The van der Waals surface area contributed by atoms with E-state index in [9.17, 15) is 4.79 Å². The number of rotatable bonds is 2. The summed E-state index contributed by atoms with van der Waals surface area (Å²) in [6.07, 6.45) is 4.02. The topological polar surface area (TPSA) is 20.3 Å². The van der Waals surface area contributed by atoms with Crippen LogP contribution >= 0.6 is 11.8 Å². The molecule has 0 fully saturated rings. The minimum atomic E-state index is 0.0547. The van der Waals surface area contributed by atoms with Gasteiger partial charge < -0.3 is 4.90 Å². The van der Waals surface area contributed by atoms with Crippen molar-refractivity contribution in [1.29, 1.82) is 0 Å². The molecular formula is C20H19NOS. The summed E-state index contributed by atoms with van der Waals surface area (Å²) in [6, 6.07) is 18.8. The summed E-state index contributed by atoms with van der Waals surface area (Å²) in [7, 11) is 0. The number of hydrogen-bond donors (Lipinski definition) is 0. The zero-order valence-corrected chi connectivity index (χ0v) is 13.8. The molecule has 0 bridgehead atoms. The number of amides is 1. The Labute approximate surface area is 141 Å². The summed E-state index contributed by atoms with van der Waals surface area (Å²) < 4.78 is 0. The number of nitrogens with zero attached hydrogens (tertiary/aromatic N) is 1. The Bertz CT molecular complexity index is 728. The molecule has 23 heavy (non-hydrogen) atoms. The highest BCUT2D eigenvalue weighted by atomic mass is 32.2. The van der Waals surface area contributed by atoms with Crippen LogP contribution in [0.1, 0.15) is 17.5 Å². The third-order valence-electron chi connectivity index (χ3n) is 4.59. The molecule has 1 amide bonds. The second kappa shape index (κ2) is 6.25. The van der Waals surface area contributed by atoms with Gasteiger partial charge in [0.05, 0.1) is 5.25 Å². The van der Waals surface area contributed by atoms with E-state index < -0.39 is 0 Å². The average Bonchev–Trinajstić information content (AvgIpc) is 3.06. The molecule has 2 aromatic carbocycles. The van der Waals surface area contributed by atoms with E-state index in [1.165, 1.54) is 21.6 Å². The quantitative estimate of drug-likeness (QED) is 0.833. The molecule has 0 N–H and O–H groups in total. The first-order valence-electron chi connectivity index (χ1n) is 8.09. The van der Waals surface area contributed by atoms with E-state index in [1.54, 1.807) is 11.8 Å². The van der Waals surface area contributed by atoms with Crippen LogP contribution in [-0.4, -0.2) is 29.1 Å². The first-order valence-corrected chi connectivity index (χ1v) is 8.97. The summed E-state index contributed by atoms with van der Waals surface area (Å²) in [5, 5.41) is 0.0547. The van der Waals surface area contributed by atoms with Crippen molar-refractivity contribution in [3.05, 3.63) is 71.8 Å². The Kier molecular flexibility index (Phi) is 3.96. The lowest BCUT2D eigenvalue weighted by atomic mass is 9.99. The zero-order chi connectivity index (χ0) is 15.6. The maximum atomic E-state index is 12.8. The Hall–Kier alpha value is -2.00. The van der Waals surface area contributed by atoms with E-state index in [2.05, 4.69) is 54.6 Å². The normalized spacial score (nSPS) is 20.1. The summed E-state index contributed by atoms with van der Waals surface area (Å²) >= 11 is 1.72. The van der Waals surface area contributed by atoms with E-state index in [0.717, 1.165) is 25.9 Å². The van der Waals surface area contributed by atoms with Gasteiger partial charge in [0, 0.05) is 18.0 Å². The predicted molar refractivity (Wildman–Crippen MR) is 95.4 cm³/mol. The summed E-state index contributed by atoms with van der Waals surface area (Å²) in [6.45, 7) is 1.56. The highest BCUT2D eigenvalue weighted by Gasteiger charge is 2.31. The minimum absolute atomic E-state index is 0.0547.